The van der Waals surface area contributed by atoms with E-state index in [1.807, 2.05) is 0 Å². The molecule has 1 amide bonds. The monoisotopic (exact) mass is 497 g/mol. The van der Waals surface area contributed by atoms with Crippen molar-refractivity contribution in [2.24, 2.45) is 13.0 Å². The first kappa shape index (κ1) is 23.8. The number of nitrogens with one attached hydrogen (secondary N) is 1. The quantitative estimate of drug-likeness (QED) is 0.614. The number of ether oxygens (including phenoxy) is 1. The number of hydrogen-bond donors (Lipinski definition) is 1. The van der Waals surface area contributed by atoms with Crippen LogP contribution in [0.3, 0.4) is 0 Å². The molecule has 13 heteroatoms. The Kier molecular flexibility index (Phi) is 6.86. The molecule has 2 aromatic rings. The molecule has 11 nitrogen and oxygen atoms in total. The van der Waals surface area contributed by atoms with Gasteiger partial charge in [-0.25, -0.2) is 16.8 Å². The zero-order valence-corrected chi connectivity index (χ0v) is 19.9. The number of piperidine rings is 1. The largest absolute Gasteiger partial charge is 0.379 e. The Balaban J connectivity index is 1.40. The normalized spacial score (nSPS) is 21.1. The van der Waals surface area contributed by atoms with Crippen LogP contribution in [0.25, 0.3) is 0 Å². The van der Waals surface area contributed by atoms with Crippen molar-refractivity contribution in [1.29, 1.82) is 0 Å². The first-order chi connectivity index (χ1) is 15.7. The summed E-state index contributed by atoms with van der Waals surface area (Å²) in [7, 11) is -5.70. The number of hydrogen-bond acceptors (Lipinski definition) is 7. The smallest absolute Gasteiger partial charge is 0.246 e. The highest BCUT2D eigenvalue weighted by atomic mass is 32.2. The van der Waals surface area contributed by atoms with Gasteiger partial charge in [0.15, 0.2) is 0 Å². The molecular formula is C20H27N5O6S2. The molecule has 0 spiro atoms. The zero-order chi connectivity index (χ0) is 23.6. The maximum Gasteiger partial charge on any atom is 0.246 e. The number of anilines is 1. The molecule has 2 fully saturated rings. The Morgan fingerprint density at radius 1 is 1.00 bits per heavy atom. The predicted molar refractivity (Wildman–Crippen MR) is 119 cm³/mol. The summed E-state index contributed by atoms with van der Waals surface area (Å²) in [5.74, 6) is -0.813. The second-order valence-electron chi connectivity index (χ2n) is 8.08. The zero-order valence-electron chi connectivity index (χ0n) is 18.3. The van der Waals surface area contributed by atoms with Gasteiger partial charge in [0.05, 0.1) is 30.2 Å². The Hall–Kier alpha value is -2.32. The van der Waals surface area contributed by atoms with E-state index >= 15 is 0 Å². The second kappa shape index (κ2) is 9.50. The number of rotatable bonds is 6. The highest BCUT2D eigenvalue weighted by Crippen LogP contribution is 2.25. The Morgan fingerprint density at radius 3 is 2.30 bits per heavy atom. The lowest BCUT2D eigenvalue weighted by atomic mass is 9.99. The molecule has 1 atom stereocenters. The molecule has 0 unspecified atom stereocenters. The van der Waals surface area contributed by atoms with Crippen molar-refractivity contribution in [2.75, 3.05) is 44.7 Å². The van der Waals surface area contributed by atoms with Crippen molar-refractivity contribution in [3.8, 4) is 0 Å². The fraction of sp³-hybridized carbons (Fsp3) is 0.500. The summed E-state index contributed by atoms with van der Waals surface area (Å²) in [5, 5.41) is 6.70. The lowest BCUT2D eigenvalue weighted by molar-refractivity contribution is -0.120. The van der Waals surface area contributed by atoms with Gasteiger partial charge in [-0.3, -0.25) is 9.48 Å². The fourth-order valence-electron chi connectivity index (χ4n) is 3.95. The van der Waals surface area contributed by atoms with E-state index in [9.17, 15) is 21.6 Å². The average molecular weight is 498 g/mol. The highest BCUT2D eigenvalue weighted by Gasteiger charge is 2.34. The van der Waals surface area contributed by atoms with Crippen LogP contribution in [0.15, 0.2) is 46.5 Å². The summed E-state index contributed by atoms with van der Waals surface area (Å²) >= 11 is 0. The summed E-state index contributed by atoms with van der Waals surface area (Å²) in [5.41, 5.74) is 0.452. The molecule has 4 rings (SSSR count). The van der Waals surface area contributed by atoms with Crippen LogP contribution < -0.4 is 5.32 Å². The lowest BCUT2D eigenvalue weighted by Crippen LogP contribution is -2.43. The Morgan fingerprint density at radius 2 is 1.67 bits per heavy atom. The average Bonchev–Trinajstić information content (AvgIpc) is 3.27. The lowest BCUT2D eigenvalue weighted by Gasteiger charge is -2.30. The molecule has 0 bridgehead atoms. The van der Waals surface area contributed by atoms with Crippen LogP contribution in [0.2, 0.25) is 0 Å². The number of morpholine rings is 1. The van der Waals surface area contributed by atoms with Gasteiger partial charge in [-0.05, 0) is 37.1 Å². The first-order valence-electron chi connectivity index (χ1n) is 10.7. The van der Waals surface area contributed by atoms with Crippen LogP contribution in [0.5, 0.6) is 0 Å². The van der Waals surface area contributed by atoms with E-state index < -0.39 is 26.0 Å². The molecule has 0 saturated carbocycles. The van der Waals surface area contributed by atoms with Gasteiger partial charge in [-0.15, -0.1) is 0 Å². The van der Waals surface area contributed by atoms with E-state index in [0.29, 0.717) is 51.4 Å². The third-order valence-electron chi connectivity index (χ3n) is 5.80. The Labute approximate surface area is 193 Å². The molecular weight excluding hydrogens is 470 g/mol. The third kappa shape index (κ3) is 5.11. The van der Waals surface area contributed by atoms with Crippen molar-refractivity contribution in [2.45, 2.75) is 22.6 Å². The van der Waals surface area contributed by atoms with Crippen molar-refractivity contribution >= 4 is 31.6 Å². The molecule has 2 saturated heterocycles. The molecule has 1 aromatic carbocycles. The van der Waals surface area contributed by atoms with E-state index in [4.69, 9.17) is 4.74 Å². The van der Waals surface area contributed by atoms with E-state index in [0.717, 1.165) is 0 Å². The van der Waals surface area contributed by atoms with Crippen molar-refractivity contribution in [3.63, 3.8) is 0 Å². The van der Waals surface area contributed by atoms with Crippen LogP contribution in [-0.4, -0.2) is 80.5 Å². The minimum atomic E-state index is -3.72. The molecule has 180 valence electrons. The maximum absolute atomic E-state index is 12.9. The van der Waals surface area contributed by atoms with E-state index in [1.54, 1.807) is 7.05 Å². The van der Waals surface area contributed by atoms with E-state index in [1.165, 1.54) is 50.0 Å². The van der Waals surface area contributed by atoms with E-state index in [2.05, 4.69) is 10.4 Å². The van der Waals surface area contributed by atoms with Gasteiger partial charge < -0.3 is 10.1 Å². The minimum absolute atomic E-state index is 0.0759. The first-order valence-corrected chi connectivity index (χ1v) is 13.5. The highest BCUT2D eigenvalue weighted by molar-refractivity contribution is 7.89. The minimum Gasteiger partial charge on any atom is -0.379 e. The standard InChI is InChI=1S/C20H27N5O6S2/c1-23-15-19(13-21-23)33(29,30)25-8-2-3-16(14-25)20(26)22-17-4-6-18(7-5-17)32(27,28)24-9-11-31-12-10-24/h4-7,13,15-16H,2-3,8-12,14H2,1H3,(H,22,26)/t16-/m1/s1. The van der Waals surface area contributed by atoms with Gasteiger partial charge in [-0.2, -0.15) is 13.7 Å². The van der Waals surface area contributed by atoms with Crippen LogP contribution in [0.4, 0.5) is 5.69 Å². The van der Waals surface area contributed by atoms with Crippen LogP contribution >= 0.6 is 0 Å². The molecule has 33 heavy (non-hydrogen) atoms. The molecule has 3 heterocycles. The van der Waals surface area contributed by atoms with Gasteiger partial charge in [-0.1, -0.05) is 0 Å². The molecule has 0 radical (unpaired) electrons. The number of aryl methyl sites for hydroxylation is 1. The van der Waals surface area contributed by atoms with Gasteiger partial charge in [0.2, 0.25) is 26.0 Å². The molecule has 1 N–H and O–H groups in total. The summed E-state index contributed by atoms with van der Waals surface area (Å²) in [6, 6.07) is 6.00. The number of aromatic nitrogens is 2. The molecule has 1 aromatic heterocycles. The summed E-state index contributed by atoms with van der Waals surface area (Å²) in [4.78, 5) is 13.1. The van der Waals surface area contributed by atoms with Gasteiger partial charge in [0.1, 0.15) is 4.90 Å². The number of sulfonamides is 2. The topological polar surface area (TPSA) is 131 Å². The SMILES string of the molecule is Cn1cc(S(=O)(=O)N2CCC[C@@H](C(=O)Nc3ccc(S(=O)(=O)N4CCOCC4)cc3)C2)cn1. The van der Waals surface area contributed by atoms with Crippen LogP contribution in [0.1, 0.15) is 12.8 Å². The van der Waals surface area contributed by atoms with Crippen molar-refractivity contribution < 1.29 is 26.4 Å². The summed E-state index contributed by atoms with van der Waals surface area (Å²) in [6.45, 7) is 1.76. The number of amides is 1. The fourth-order valence-corrected chi connectivity index (χ4v) is 6.86. The van der Waals surface area contributed by atoms with Gasteiger partial charge >= 0.3 is 0 Å². The third-order valence-corrected chi connectivity index (χ3v) is 9.53. The molecule has 2 aliphatic rings. The molecule has 2 aliphatic heterocycles. The van der Waals surface area contributed by atoms with Crippen LogP contribution in [-0.2, 0) is 36.6 Å². The number of nitrogens with zero attached hydrogens (tertiary/aromatic N) is 4. The summed E-state index contributed by atoms with van der Waals surface area (Å²) < 4.78 is 60.5. The molecule has 0 aliphatic carbocycles. The second-order valence-corrected chi connectivity index (χ2v) is 12.0. The van der Waals surface area contributed by atoms with E-state index in [-0.39, 0.29) is 22.2 Å². The number of carbonyl (C=O) groups is 1. The summed E-state index contributed by atoms with van der Waals surface area (Å²) in [6.07, 6.45) is 3.86. The van der Waals surface area contributed by atoms with Gasteiger partial charge in [0.25, 0.3) is 0 Å². The predicted octanol–water partition coefficient (Wildman–Crippen LogP) is 0.480. The maximum atomic E-state index is 12.9. The van der Waals surface area contributed by atoms with Crippen LogP contribution in [0, 0.1) is 5.92 Å². The van der Waals surface area contributed by atoms with Gasteiger partial charge in [0, 0.05) is 45.1 Å². The van der Waals surface area contributed by atoms with Crippen molar-refractivity contribution in [3.05, 3.63) is 36.7 Å². The Bertz CT molecular complexity index is 1200. The van der Waals surface area contributed by atoms with Crippen molar-refractivity contribution in [1.82, 2.24) is 18.4 Å². The number of benzene rings is 1. The number of carbonyl (C=O) groups excluding carboxylic acids is 1.